The van der Waals surface area contributed by atoms with Gasteiger partial charge in [-0.3, -0.25) is 9.59 Å². The van der Waals surface area contributed by atoms with Crippen LogP contribution in [0.25, 0.3) is 27.7 Å². The van der Waals surface area contributed by atoms with Gasteiger partial charge in [0.1, 0.15) is 29.1 Å². The number of ether oxygens (including phenoxy) is 2. The van der Waals surface area contributed by atoms with Gasteiger partial charge in [0, 0.05) is 43.5 Å². The van der Waals surface area contributed by atoms with Crippen molar-refractivity contribution >= 4 is 22.5 Å². The summed E-state index contributed by atoms with van der Waals surface area (Å²) in [7, 11) is 2.10. The number of halogens is 1. The Morgan fingerprint density at radius 3 is 2.70 bits per heavy atom. The first-order chi connectivity index (χ1) is 22.5. The topological polar surface area (TPSA) is 88.1 Å². The number of anilines is 1. The fourth-order valence-corrected chi connectivity index (χ4v) is 7.50. The van der Waals surface area contributed by atoms with Gasteiger partial charge in [-0.25, -0.2) is 4.39 Å². The lowest BCUT2D eigenvalue weighted by Crippen LogP contribution is -2.34. The molecule has 4 aromatic rings. The van der Waals surface area contributed by atoms with Gasteiger partial charge in [-0.15, -0.1) is 0 Å². The summed E-state index contributed by atoms with van der Waals surface area (Å²) in [5, 5.41) is 6.32. The van der Waals surface area contributed by atoms with Gasteiger partial charge >= 0.3 is 0 Å². The highest BCUT2D eigenvalue weighted by molar-refractivity contribution is 6.01. The monoisotopic (exact) mass is 623 g/mol. The number of nitrogens with one attached hydrogen (secondary N) is 2. The number of hydrogen-bond donors (Lipinski definition) is 2. The molecule has 4 aliphatic heterocycles. The van der Waals surface area contributed by atoms with E-state index in [0.717, 1.165) is 62.1 Å². The van der Waals surface area contributed by atoms with Crippen LogP contribution in [0.3, 0.4) is 0 Å². The van der Waals surface area contributed by atoms with E-state index in [4.69, 9.17) is 9.47 Å². The number of nitrogens with zero attached hydrogens (tertiary/aromatic N) is 3. The van der Waals surface area contributed by atoms with Crippen LogP contribution in [0.2, 0.25) is 0 Å². The summed E-state index contributed by atoms with van der Waals surface area (Å²) in [6, 6.07) is 13.5. The van der Waals surface area contributed by atoms with E-state index in [1.165, 1.54) is 18.9 Å². The lowest BCUT2D eigenvalue weighted by molar-refractivity contribution is 0.0949. The third-order valence-corrected chi connectivity index (χ3v) is 10.0. The molecular formula is C36H38FN5O4. The highest BCUT2D eigenvalue weighted by Gasteiger charge is 2.31. The van der Waals surface area contributed by atoms with Crippen LogP contribution < -0.4 is 25.5 Å². The van der Waals surface area contributed by atoms with E-state index in [9.17, 15) is 9.59 Å². The van der Waals surface area contributed by atoms with Crippen LogP contribution in [-0.2, 0) is 6.61 Å². The Balaban J connectivity index is 1.22. The highest BCUT2D eigenvalue weighted by Crippen LogP contribution is 2.49. The molecule has 0 radical (unpaired) electrons. The maximum Gasteiger partial charge on any atom is 0.256 e. The third-order valence-electron chi connectivity index (χ3n) is 10.0. The zero-order valence-electron chi connectivity index (χ0n) is 26.0. The van der Waals surface area contributed by atoms with Crippen LogP contribution in [0.5, 0.6) is 17.2 Å². The lowest BCUT2D eigenvalue weighted by atomic mass is 9.95. The van der Waals surface area contributed by atoms with Crippen molar-refractivity contribution in [1.82, 2.24) is 19.7 Å². The van der Waals surface area contributed by atoms with Crippen molar-refractivity contribution in [1.29, 1.82) is 0 Å². The van der Waals surface area contributed by atoms with E-state index in [1.807, 2.05) is 34.9 Å². The first kappa shape index (κ1) is 29.0. The number of carbonyl (C=O) groups is 1. The van der Waals surface area contributed by atoms with Crippen LogP contribution in [0, 0.1) is 5.82 Å². The number of pyridine rings is 1. The summed E-state index contributed by atoms with van der Waals surface area (Å²) in [4.78, 5) is 32.1. The van der Waals surface area contributed by atoms with Crippen molar-refractivity contribution in [2.75, 3.05) is 51.6 Å². The van der Waals surface area contributed by atoms with E-state index >= 15 is 4.39 Å². The van der Waals surface area contributed by atoms with Gasteiger partial charge in [0.05, 0.1) is 11.1 Å². The molecular weight excluding hydrogens is 585 g/mol. The Hall–Kier alpha value is -4.41. The Bertz CT molecular complexity index is 1920. The minimum absolute atomic E-state index is 0.0328. The normalized spacial score (nSPS) is 18.4. The number of aromatic nitrogens is 1. The second-order valence-electron chi connectivity index (χ2n) is 12.9. The minimum atomic E-state index is -0.596. The number of fused-ring (bicyclic) bond motifs is 5. The molecule has 2 N–H and O–H groups in total. The fourth-order valence-electron chi connectivity index (χ4n) is 7.50. The van der Waals surface area contributed by atoms with Gasteiger partial charge in [-0.1, -0.05) is 24.3 Å². The summed E-state index contributed by atoms with van der Waals surface area (Å²) in [6.07, 6.45) is 6.98. The summed E-state index contributed by atoms with van der Waals surface area (Å²) >= 11 is 0. The number of likely N-dealkylation sites (tertiary alicyclic amines) is 2. The number of hydrogen-bond acceptors (Lipinski definition) is 7. The molecule has 9 nitrogen and oxygen atoms in total. The molecule has 10 heteroatoms. The number of benzene rings is 3. The average Bonchev–Trinajstić information content (AvgIpc) is 3.74. The van der Waals surface area contributed by atoms with Crippen molar-refractivity contribution in [2.45, 2.75) is 44.8 Å². The minimum Gasteiger partial charge on any atom is -0.488 e. The molecule has 46 heavy (non-hydrogen) atoms. The molecule has 0 spiro atoms. The molecule has 1 atom stereocenters. The number of carbonyl (C=O) groups excluding carboxylic acids is 1. The molecule has 0 saturated carbocycles. The van der Waals surface area contributed by atoms with Gasteiger partial charge in [-0.05, 0) is 82.0 Å². The molecule has 5 heterocycles. The van der Waals surface area contributed by atoms with E-state index in [-0.39, 0.29) is 22.4 Å². The molecule has 3 aromatic carbocycles. The molecule has 4 aliphatic rings. The van der Waals surface area contributed by atoms with Crippen molar-refractivity contribution in [3.8, 4) is 34.1 Å². The summed E-state index contributed by atoms with van der Waals surface area (Å²) in [5.74, 6) is 0.285. The predicted octanol–water partition coefficient (Wildman–Crippen LogP) is 5.52. The maximum absolute atomic E-state index is 15.9. The summed E-state index contributed by atoms with van der Waals surface area (Å²) < 4.78 is 30.3. The van der Waals surface area contributed by atoms with Crippen LogP contribution in [0.1, 0.15) is 48.0 Å². The molecule has 8 rings (SSSR count). The Morgan fingerprint density at radius 1 is 1.02 bits per heavy atom. The van der Waals surface area contributed by atoms with Crippen LogP contribution in [0.4, 0.5) is 10.1 Å². The van der Waals surface area contributed by atoms with E-state index in [1.54, 1.807) is 6.20 Å². The van der Waals surface area contributed by atoms with E-state index in [2.05, 4.69) is 33.5 Å². The smallest absolute Gasteiger partial charge is 0.256 e. The largest absolute Gasteiger partial charge is 0.488 e. The number of rotatable bonds is 8. The molecule has 0 bridgehead atoms. The molecule has 1 unspecified atom stereocenters. The maximum atomic E-state index is 15.9. The zero-order valence-corrected chi connectivity index (χ0v) is 26.0. The Labute approximate surface area is 266 Å². The second-order valence-corrected chi connectivity index (χ2v) is 12.9. The molecule has 2 saturated heterocycles. The van der Waals surface area contributed by atoms with Crippen molar-refractivity contribution in [3.63, 3.8) is 0 Å². The van der Waals surface area contributed by atoms with E-state index < -0.39 is 17.2 Å². The predicted molar refractivity (Wildman–Crippen MR) is 176 cm³/mol. The van der Waals surface area contributed by atoms with Gasteiger partial charge in [0.15, 0.2) is 17.3 Å². The van der Waals surface area contributed by atoms with Crippen LogP contribution in [0.15, 0.2) is 53.5 Å². The second kappa shape index (κ2) is 11.7. The molecule has 0 aliphatic carbocycles. The van der Waals surface area contributed by atoms with E-state index in [0.29, 0.717) is 48.4 Å². The standard InChI is InChI=1S/C36H38FN5O4/c1-40-13-6-8-23(40)10-11-39-36(44)27-20-42-29-18-25-24-9-3-2-7-22(24)21-45-30(25)19-31(29)46-35-32(38-12-16-41-14-4-5-15-41)28(37)17-26(33(35)42)34(27)43/h2-3,7,9,17-20,23,38H,4-6,8,10-16,21H2,1H3,(H,39,44). The zero-order chi connectivity index (χ0) is 31.4. The van der Waals surface area contributed by atoms with Crippen molar-refractivity contribution < 1.29 is 18.7 Å². The van der Waals surface area contributed by atoms with Gasteiger partial charge in [-0.2, -0.15) is 0 Å². The fraction of sp³-hybridized carbons (Fsp3) is 0.389. The Kier molecular flexibility index (Phi) is 7.41. The quantitative estimate of drug-likeness (QED) is 0.236. The molecule has 2 fully saturated rings. The van der Waals surface area contributed by atoms with Crippen LogP contribution in [-0.4, -0.2) is 72.6 Å². The van der Waals surface area contributed by atoms with Crippen molar-refractivity contribution in [3.05, 3.63) is 75.8 Å². The third kappa shape index (κ3) is 5.00. The summed E-state index contributed by atoms with van der Waals surface area (Å²) in [5.41, 5.74) is 3.72. The average molecular weight is 624 g/mol. The highest BCUT2D eigenvalue weighted by atomic mass is 19.1. The van der Waals surface area contributed by atoms with Gasteiger partial charge in [0.25, 0.3) is 5.91 Å². The number of amides is 1. The first-order valence-electron chi connectivity index (χ1n) is 16.4. The lowest BCUT2D eigenvalue weighted by Gasteiger charge is -2.29. The van der Waals surface area contributed by atoms with Gasteiger partial charge in [0.2, 0.25) is 5.43 Å². The van der Waals surface area contributed by atoms with Crippen molar-refractivity contribution in [2.24, 2.45) is 0 Å². The van der Waals surface area contributed by atoms with Crippen LogP contribution >= 0.6 is 0 Å². The summed E-state index contributed by atoms with van der Waals surface area (Å²) in [6.45, 7) is 5.31. The Morgan fingerprint density at radius 2 is 1.87 bits per heavy atom. The molecule has 1 aromatic heterocycles. The SMILES string of the molecule is CN1CCCC1CCNC(=O)c1cn2c3c(c(NCCN4CCCC4)c(F)cc3c1=O)Oc1cc3c(cc1-2)-c1ccccc1CO3. The first-order valence-corrected chi connectivity index (χ1v) is 16.4. The van der Waals surface area contributed by atoms with Gasteiger partial charge < -0.3 is 34.5 Å². The molecule has 1 amide bonds. The molecule has 238 valence electrons.